The molecule has 0 aliphatic heterocycles. The number of hydrogen-bond donors (Lipinski definition) is 0. The molecule has 0 fully saturated rings. The quantitative estimate of drug-likeness (QED) is 0.634. The number of hydrogen-bond acceptors (Lipinski definition) is 4. The van der Waals surface area contributed by atoms with E-state index in [1.165, 1.54) is 6.47 Å². The van der Waals surface area contributed by atoms with Crippen LogP contribution in [0, 0.1) is 0 Å². The smallest absolute Gasteiger partial charge is 0.418 e. The molecule has 0 aromatic carbocycles. The van der Waals surface area contributed by atoms with Gasteiger partial charge in [-0.3, -0.25) is 0 Å². The average Bonchev–Trinajstić information content (AvgIpc) is 2.01. The van der Waals surface area contributed by atoms with Crippen LogP contribution in [0.4, 0.5) is 0 Å². The van der Waals surface area contributed by atoms with Gasteiger partial charge in [-0.1, -0.05) is 13.3 Å². The highest BCUT2D eigenvalue weighted by Gasteiger charge is 2.25. The molecule has 0 N–H and O–H groups in total. The first-order chi connectivity index (χ1) is 6.40. The van der Waals surface area contributed by atoms with E-state index < -0.39 is 17.7 Å². The molecule has 4 heteroatoms. The Morgan fingerprint density at radius 2 is 2.00 bits per heavy atom. The maximum atomic E-state index is 11.4. The van der Waals surface area contributed by atoms with E-state index >= 15 is 0 Å². The van der Waals surface area contributed by atoms with Crippen molar-refractivity contribution in [3.63, 3.8) is 0 Å². The summed E-state index contributed by atoms with van der Waals surface area (Å²) < 4.78 is 9.57. The number of carbonyl (C=O) groups is 1. The molecule has 0 bridgehead atoms. The van der Waals surface area contributed by atoms with Crippen LogP contribution in [-0.4, -0.2) is 24.1 Å². The van der Waals surface area contributed by atoms with Crippen molar-refractivity contribution >= 4 is 12.4 Å². The lowest BCUT2D eigenvalue weighted by Crippen LogP contribution is -2.33. The lowest BCUT2D eigenvalue weighted by molar-refractivity contribution is -0.164. The van der Waals surface area contributed by atoms with Crippen molar-refractivity contribution in [2.75, 3.05) is 0 Å². The summed E-state index contributed by atoms with van der Waals surface area (Å²) in [4.78, 5) is 21.4. The van der Waals surface area contributed by atoms with Crippen LogP contribution in [0.2, 0.25) is 0 Å². The van der Waals surface area contributed by atoms with Gasteiger partial charge in [0, 0.05) is 0 Å². The zero-order chi connectivity index (χ0) is 11.2. The van der Waals surface area contributed by atoms with Gasteiger partial charge >= 0.3 is 12.4 Å². The number of carbonyl (C=O) groups excluding carboxylic acids is 2. The standard InChI is InChI=1S/C10H17O4/c1-5-6-8(13-7-11)9(12)14-10(2,3)4/h8H,5-6H2,1-4H3. The third kappa shape index (κ3) is 5.56. The van der Waals surface area contributed by atoms with Crippen molar-refractivity contribution < 1.29 is 19.1 Å². The lowest BCUT2D eigenvalue weighted by Gasteiger charge is -2.22. The average molecular weight is 201 g/mol. The molecule has 1 atom stereocenters. The normalized spacial score (nSPS) is 13.1. The number of rotatable bonds is 5. The molecular formula is C10H17O4. The fourth-order valence-corrected chi connectivity index (χ4v) is 0.913. The predicted octanol–water partition coefficient (Wildman–Crippen LogP) is 1.58. The molecule has 0 aliphatic carbocycles. The van der Waals surface area contributed by atoms with Gasteiger partial charge in [0.15, 0.2) is 6.10 Å². The van der Waals surface area contributed by atoms with Crippen LogP contribution in [0.3, 0.4) is 0 Å². The molecule has 1 radical (unpaired) electrons. The molecule has 0 aliphatic rings. The predicted molar refractivity (Wildman–Crippen MR) is 51.3 cm³/mol. The highest BCUT2D eigenvalue weighted by molar-refractivity contribution is 5.76. The van der Waals surface area contributed by atoms with E-state index in [-0.39, 0.29) is 0 Å². The summed E-state index contributed by atoms with van der Waals surface area (Å²) in [5.41, 5.74) is -0.560. The summed E-state index contributed by atoms with van der Waals surface area (Å²) in [5.74, 6) is -0.511. The van der Waals surface area contributed by atoms with Crippen molar-refractivity contribution in [2.24, 2.45) is 0 Å². The molecule has 0 saturated carbocycles. The second-order valence-corrected chi connectivity index (χ2v) is 4.01. The van der Waals surface area contributed by atoms with Crippen molar-refractivity contribution in [2.45, 2.75) is 52.2 Å². The first kappa shape index (κ1) is 12.9. The Balaban J connectivity index is 4.21. The topological polar surface area (TPSA) is 52.6 Å². The number of ether oxygens (including phenoxy) is 2. The van der Waals surface area contributed by atoms with Gasteiger partial charge in [0.05, 0.1) is 0 Å². The first-order valence-corrected chi connectivity index (χ1v) is 4.66. The zero-order valence-electron chi connectivity index (χ0n) is 9.12. The van der Waals surface area contributed by atoms with Crippen molar-refractivity contribution in [3.05, 3.63) is 0 Å². The molecular weight excluding hydrogens is 184 g/mol. The minimum absolute atomic E-state index is 0.462. The van der Waals surface area contributed by atoms with Gasteiger partial charge in [0.2, 0.25) is 0 Å². The maximum absolute atomic E-state index is 11.4. The molecule has 1 unspecified atom stereocenters. The largest absolute Gasteiger partial charge is 0.457 e. The van der Waals surface area contributed by atoms with Gasteiger partial charge in [-0.15, -0.1) is 0 Å². The molecule has 0 spiro atoms. The molecule has 14 heavy (non-hydrogen) atoms. The molecule has 0 aromatic rings. The molecule has 0 amide bonds. The highest BCUT2D eigenvalue weighted by atomic mass is 16.6. The second-order valence-electron chi connectivity index (χ2n) is 4.01. The lowest BCUT2D eigenvalue weighted by atomic mass is 10.1. The van der Waals surface area contributed by atoms with E-state index in [0.29, 0.717) is 6.42 Å². The molecule has 81 valence electrons. The summed E-state index contributed by atoms with van der Waals surface area (Å²) in [6.45, 7) is 8.45. The number of esters is 1. The fraction of sp³-hybridized carbons (Fsp3) is 0.800. The summed E-state index contributed by atoms with van der Waals surface area (Å²) in [7, 11) is 0. The Kier molecular flexibility index (Phi) is 5.20. The summed E-state index contributed by atoms with van der Waals surface area (Å²) in [6, 6.07) is 0. The summed E-state index contributed by atoms with van der Waals surface area (Å²) >= 11 is 0. The van der Waals surface area contributed by atoms with Gasteiger partial charge in [-0.05, 0) is 27.2 Å². The van der Waals surface area contributed by atoms with Crippen LogP contribution in [0.1, 0.15) is 40.5 Å². The van der Waals surface area contributed by atoms with Gasteiger partial charge in [0.25, 0.3) is 0 Å². The monoisotopic (exact) mass is 201 g/mol. The Hall–Kier alpha value is -1.06. The van der Waals surface area contributed by atoms with Crippen LogP contribution in [-0.2, 0) is 19.1 Å². The van der Waals surface area contributed by atoms with E-state index in [0.717, 1.165) is 6.42 Å². The molecule has 0 saturated heterocycles. The van der Waals surface area contributed by atoms with Crippen LogP contribution < -0.4 is 0 Å². The Bertz CT molecular complexity index is 193. The second kappa shape index (κ2) is 5.62. The van der Waals surface area contributed by atoms with E-state index in [1.54, 1.807) is 20.8 Å². The minimum atomic E-state index is -0.822. The minimum Gasteiger partial charge on any atom is -0.457 e. The van der Waals surface area contributed by atoms with Crippen LogP contribution in [0.15, 0.2) is 0 Å². The molecule has 0 rings (SSSR count). The highest BCUT2D eigenvalue weighted by Crippen LogP contribution is 2.12. The first-order valence-electron chi connectivity index (χ1n) is 4.66. The van der Waals surface area contributed by atoms with Crippen LogP contribution >= 0.6 is 0 Å². The van der Waals surface area contributed by atoms with E-state index in [2.05, 4.69) is 4.74 Å². The van der Waals surface area contributed by atoms with E-state index in [9.17, 15) is 9.59 Å². The van der Waals surface area contributed by atoms with E-state index in [4.69, 9.17) is 4.74 Å². The Labute approximate surface area is 84.6 Å². The Morgan fingerprint density at radius 1 is 1.43 bits per heavy atom. The van der Waals surface area contributed by atoms with Gasteiger partial charge < -0.3 is 9.47 Å². The van der Waals surface area contributed by atoms with Gasteiger partial charge in [-0.25, -0.2) is 9.59 Å². The third-order valence-corrected chi connectivity index (χ3v) is 1.41. The molecule has 4 nitrogen and oxygen atoms in total. The van der Waals surface area contributed by atoms with Gasteiger partial charge in [0.1, 0.15) is 5.60 Å². The molecule has 0 aromatic heterocycles. The van der Waals surface area contributed by atoms with Crippen molar-refractivity contribution in [1.29, 1.82) is 0 Å². The maximum Gasteiger partial charge on any atom is 0.418 e. The Morgan fingerprint density at radius 3 is 2.36 bits per heavy atom. The SMILES string of the molecule is CCCC(O[C]=O)C(=O)OC(C)(C)C. The fourth-order valence-electron chi connectivity index (χ4n) is 0.913. The summed E-state index contributed by atoms with van der Waals surface area (Å²) in [5, 5.41) is 0. The van der Waals surface area contributed by atoms with E-state index in [1.807, 2.05) is 6.92 Å². The van der Waals surface area contributed by atoms with Crippen molar-refractivity contribution in [3.8, 4) is 0 Å². The molecule has 0 heterocycles. The summed E-state index contributed by atoms with van der Waals surface area (Å²) in [6.07, 6.45) is 0.382. The zero-order valence-corrected chi connectivity index (χ0v) is 9.12. The third-order valence-electron chi connectivity index (χ3n) is 1.41. The van der Waals surface area contributed by atoms with Gasteiger partial charge in [-0.2, -0.15) is 0 Å². The van der Waals surface area contributed by atoms with Crippen LogP contribution in [0.25, 0.3) is 0 Å². The van der Waals surface area contributed by atoms with Crippen molar-refractivity contribution in [1.82, 2.24) is 0 Å². The van der Waals surface area contributed by atoms with Crippen LogP contribution in [0.5, 0.6) is 0 Å².